The second-order valence-corrected chi connectivity index (χ2v) is 6.95. The number of nitrogens with one attached hydrogen (secondary N) is 1. The van der Waals surface area contributed by atoms with Crippen LogP contribution in [0.3, 0.4) is 0 Å². The number of amides is 2. The molecule has 0 aromatic carbocycles. The summed E-state index contributed by atoms with van der Waals surface area (Å²) in [7, 11) is -3.72. The normalized spacial score (nSPS) is 27.2. The van der Waals surface area contributed by atoms with Crippen molar-refractivity contribution in [3.05, 3.63) is 24.3 Å². The fourth-order valence-electron chi connectivity index (χ4n) is 2.44. The zero-order valence-electron chi connectivity index (χ0n) is 11.1. The third kappa shape index (κ3) is 2.92. The van der Waals surface area contributed by atoms with Crippen molar-refractivity contribution in [2.24, 2.45) is 0 Å². The maximum atomic E-state index is 12.6. The predicted octanol–water partition coefficient (Wildman–Crippen LogP) is 0.328. The van der Waals surface area contributed by atoms with Crippen LogP contribution in [0.2, 0.25) is 0 Å². The Morgan fingerprint density at radius 3 is 2.75 bits per heavy atom. The first-order chi connectivity index (χ1) is 9.57. The topological polar surface area (TPSA) is 83.6 Å². The number of allylic oxidation sites excluding steroid dienone is 3. The molecule has 0 saturated carbocycles. The smallest absolute Gasteiger partial charge is 0.258 e. The van der Waals surface area contributed by atoms with Gasteiger partial charge in [0, 0.05) is 6.54 Å². The van der Waals surface area contributed by atoms with Gasteiger partial charge < -0.3 is 5.32 Å². The summed E-state index contributed by atoms with van der Waals surface area (Å²) in [5, 5.41) is 1.71. The average molecular weight is 298 g/mol. The van der Waals surface area contributed by atoms with Gasteiger partial charge in [-0.05, 0) is 25.7 Å². The van der Waals surface area contributed by atoms with Gasteiger partial charge in [0.2, 0.25) is 16.4 Å². The zero-order chi connectivity index (χ0) is 14.6. The van der Waals surface area contributed by atoms with E-state index in [9.17, 15) is 18.0 Å². The van der Waals surface area contributed by atoms with Crippen molar-refractivity contribution in [3.63, 3.8) is 0 Å². The summed E-state index contributed by atoms with van der Waals surface area (Å²) in [5.74, 6) is -0.530. The molecule has 0 aromatic heterocycles. The van der Waals surface area contributed by atoms with Crippen LogP contribution in [-0.4, -0.2) is 42.9 Å². The van der Waals surface area contributed by atoms with Crippen molar-refractivity contribution in [2.45, 2.75) is 37.0 Å². The Bertz CT molecular complexity index is 539. The molecule has 0 radical (unpaired) electrons. The van der Waals surface area contributed by atoms with Gasteiger partial charge in [-0.2, -0.15) is 0 Å². The van der Waals surface area contributed by atoms with Crippen LogP contribution in [0, 0.1) is 0 Å². The molecule has 110 valence electrons. The standard InChI is InChI=1S/C13H18N2O4S/c16-10-14-12-8-4-5-9-15(13(12)17)20(18,19)11-6-2-1-3-7-11/h1-3,6,10-12H,4-5,7-9H2,(H,14,16)/t11?,12-/m0/s1. The molecule has 1 aliphatic heterocycles. The Morgan fingerprint density at radius 2 is 2.10 bits per heavy atom. The minimum atomic E-state index is -3.72. The van der Waals surface area contributed by atoms with Gasteiger partial charge >= 0.3 is 0 Å². The van der Waals surface area contributed by atoms with E-state index in [2.05, 4.69) is 5.32 Å². The molecule has 1 unspecified atom stereocenters. The van der Waals surface area contributed by atoms with Crippen LogP contribution in [0.1, 0.15) is 25.7 Å². The second kappa shape index (κ2) is 6.21. The number of carbonyl (C=O) groups is 2. The molecular weight excluding hydrogens is 280 g/mol. The van der Waals surface area contributed by atoms with E-state index in [1.165, 1.54) is 0 Å². The minimum Gasteiger partial charge on any atom is -0.347 e. The summed E-state index contributed by atoms with van der Waals surface area (Å²) in [4.78, 5) is 22.8. The number of nitrogens with zero attached hydrogens (tertiary/aromatic N) is 1. The van der Waals surface area contributed by atoms with Crippen LogP contribution in [0.15, 0.2) is 24.3 Å². The molecule has 1 N–H and O–H groups in total. The third-order valence-electron chi connectivity index (χ3n) is 3.55. The molecule has 1 heterocycles. The van der Waals surface area contributed by atoms with E-state index in [-0.39, 0.29) is 6.54 Å². The lowest BCUT2D eigenvalue weighted by Crippen LogP contribution is -2.49. The number of hydrogen-bond acceptors (Lipinski definition) is 4. The van der Waals surface area contributed by atoms with Crippen molar-refractivity contribution in [2.75, 3.05) is 6.54 Å². The largest absolute Gasteiger partial charge is 0.347 e. The van der Waals surface area contributed by atoms with Crippen LogP contribution < -0.4 is 5.32 Å². The maximum absolute atomic E-state index is 12.6. The first kappa shape index (κ1) is 14.8. The van der Waals surface area contributed by atoms with Gasteiger partial charge in [-0.1, -0.05) is 24.3 Å². The van der Waals surface area contributed by atoms with Gasteiger partial charge in [-0.25, -0.2) is 12.7 Å². The van der Waals surface area contributed by atoms with Crippen molar-refractivity contribution >= 4 is 22.3 Å². The summed E-state index contributed by atoms with van der Waals surface area (Å²) in [6.45, 7) is 0.187. The number of carbonyl (C=O) groups excluding carboxylic acids is 2. The molecular formula is C13H18N2O4S. The lowest BCUT2D eigenvalue weighted by molar-refractivity contribution is -0.129. The highest BCUT2D eigenvalue weighted by Crippen LogP contribution is 2.22. The monoisotopic (exact) mass is 298 g/mol. The van der Waals surface area contributed by atoms with Crippen molar-refractivity contribution < 1.29 is 18.0 Å². The Morgan fingerprint density at radius 1 is 1.30 bits per heavy atom. The first-order valence-electron chi connectivity index (χ1n) is 6.66. The number of rotatable bonds is 4. The van der Waals surface area contributed by atoms with Gasteiger partial charge in [0.25, 0.3) is 5.91 Å². The molecule has 1 fully saturated rings. The Kier molecular flexibility index (Phi) is 4.59. The van der Waals surface area contributed by atoms with Crippen molar-refractivity contribution in [1.29, 1.82) is 0 Å². The average Bonchev–Trinajstić information content (AvgIpc) is 2.63. The van der Waals surface area contributed by atoms with E-state index in [1.807, 2.05) is 0 Å². The van der Waals surface area contributed by atoms with Crippen molar-refractivity contribution in [3.8, 4) is 0 Å². The molecule has 20 heavy (non-hydrogen) atoms. The number of sulfonamides is 1. The van der Waals surface area contributed by atoms with Crippen LogP contribution in [-0.2, 0) is 19.6 Å². The second-order valence-electron chi connectivity index (χ2n) is 4.88. The molecule has 1 aliphatic carbocycles. The minimum absolute atomic E-state index is 0.187. The van der Waals surface area contributed by atoms with Crippen LogP contribution in [0.25, 0.3) is 0 Å². The van der Waals surface area contributed by atoms with Gasteiger partial charge in [-0.3, -0.25) is 9.59 Å². The lowest BCUT2D eigenvalue weighted by Gasteiger charge is -2.27. The maximum Gasteiger partial charge on any atom is 0.258 e. The molecule has 1 saturated heterocycles. The summed E-state index contributed by atoms with van der Waals surface area (Å²) in [6.07, 6.45) is 9.45. The molecule has 2 atom stereocenters. The highest BCUT2D eigenvalue weighted by atomic mass is 32.2. The van der Waals surface area contributed by atoms with Gasteiger partial charge in [0.05, 0.1) is 0 Å². The molecule has 7 heteroatoms. The van der Waals surface area contributed by atoms with E-state index >= 15 is 0 Å². The zero-order valence-corrected chi connectivity index (χ0v) is 11.9. The Labute approximate surface area is 118 Å². The molecule has 2 rings (SSSR count). The Hall–Kier alpha value is -1.63. The van der Waals surface area contributed by atoms with Gasteiger partial charge in [0.1, 0.15) is 11.3 Å². The highest BCUT2D eigenvalue weighted by molar-refractivity contribution is 7.90. The van der Waals surface area contributed by atoms with Crippen LogP contribution >= 0.6 is 0 Å². The van der Waals surface area contributed by atoms with Crippen LogP contribution in [0.4, 0.5) is 0 Å². The summed E-state index contributed by atoms with van der Waals surface area (Å²) < 4.78 is 26.1. The molecule has 2 aliphatic rings. The lowest BCUT2D eigenvalue weighted by atomic mass is 10.1. The van der Waals surface area contributed by atoms with E-state index in [4.69, 9.17) is 0 Å². The summed E-state index contributed by atoms with van der Waals surface area (Å²) in [6, 6.07) is -0.743. The van der Waals surface area contributed by atoms with E-state index in [0.29, 0.717) is 32.1 Å². The van der Waals surface area contributed by atoms with E-state index < -0.39 is 27.2 Å². The molecule has 2 amide bonds. The fourth-order valence-corrected chi connectivity index (χ4v) is 4.18. The quantitative estimate of drug-likeness (QED) is 0.758. The summed E-state index contributed by atoms with van der Waals surface area (Å²) in [5.41, 5.74) is 0. The predicted molar refractivity (Wildman–Crippen MR) is 74.2 cm³/mol. The van der Waals surface area contributed by atoms with Crippen LogP contribution in [0.5, 0.6) is 0 Å². The van der Waals surface area contributed by atoms with E-state index in [1.54, 1.807) is 24.3 Å². The highest BCUT2D eigenvalue weighted by Gasteiger charge is 2.38. The number of hydrogen-bond donors (Lipinski definition) is 1. The summed E-state index contributed by atoms with van der Waals surface area (Å²) >= 11 is 0. The molecule has 0 bridgehead atoms. The molecule has 0 aromatic rings. The Balaban J connectivity index is 2.24. The first-order valence-corrected chi connectivity index (χ1v) is 8.16. The van der Waals surface area contributed by atoms with Gasteiger partial charge in [0.15, 0.2) is 0 Å². The molecule has 6 nitrogen and oxygen atoms in total. The van der Waals surface area contributed by atoms with Gasteiger partial charge in [-0.15, -0.1) is 0 Å². The SMILES string of the molecule is O=CN[C@H]1CCCCN(S(=O)(=O)C2C=CC=CC2)C1=O. The molecule has 0 spiro atoms. The van der Waals surface area contributed by atoms with E-state index in [0.717, 1.165) is 4.31 Å². The third-order valence-corrected chi connectivity index (χ3v) is 5.64. The van der Waals surface area contributed by atoms with Crippen molar-refractivity contribution in [1.82, 2.24) is 9.62 Å². The fraction of sp³-hybridized carbons (Fsp3) is 0.538.